The van der Waals surface area contributed by atoms with Crippen LogP contribution in [0.5, 0.6) is 0 Å². The Bertz CT molecular complexity index is 3460. The fourth-order valence-electron chi connectivity index (χ4n) is 8.40. The highest BCUT2D eigenvalue weighted by molar-refractivity contribution is 7.26. The summed E-state index contributed by atoms with van der Waals surface area (Å²) in [4.78, 5) is 11.0. The Morgan fingerprint density at radius 3 is 2.04 bits per heavy atom. The van der Waals surface area contributed by atoms with Gasteiger partial charge in [-0.25, -0.2) is 9.97 Å². The maximum atomic E-state index is 6.91. The van der Waals surface area contributed by atoms with Crippen LogP contribution >= 0.6 is 11.3 Å². The second kappa shape index (κ2) is 10.8. The van der Waals surface area contributed by atoms with Crippen LogP contribution in [-0.2, 0) is 0 Å². The Morgan fingerprint density at radius 2 is 1.17 bits per heavy atom. The molecule has 0 radical (unpaired) electrons. The van der Waals surface area contributed by atoms with E-state index in [1.807, 2.05) is 6.07 Å². The zero-order valence-corrected chi connectivity index (χ0v) is 29.1. The maximum absolute atomic E-state index is 6.91. The largest absolute Gasteiger partial charge is 0.454 e. The van der Waals surface area contributed by atoms with Gasteiger partial charge in [-0.2, -0.15) is 0 Å². The summed E-state index contributed by atoms with van der Waals surface area (Å²) < 4.78 is 11.5. The Labute approximate surface area is 306 Å². The summed E-state index contributed by atoms with van der Waals surface area (Å²) in [6.45, 7) is 0. The van der Waals surface area contributed by atoms with Crippen LogP contribution in [0.1, 0.15) is 0 Å². The minimum absolute atomic E-state index is 0.618. The summed E-state index contributed by atoms with van der Waals surface area (Å²) in [5.41, 5.74) is 8.92. The molecule has 8 aromatic carbocycles. The molecule has 0 atom stereocenters. The molecule has 4 nitrogen and oxygen atoms in total. The van der Waals surface area contributed by atoms with Crippen LogP contribution < -0.4 is 0 Å². The maximum Gasteiger partial charge on any atom is 0.236 e. The fourth-order valence-corrected chi connectivity index (χ4v) is 9.55. The normalized spacial score (nSPS) is 12.2. The van der Waals surface area contributed by atoms with Crippen molar-refractivity contribution in [1.82, 2.24) is 14.5 Å². The van der Waals surface area contributed by atoms with Crippen molar-refractivity contribution >= 4 is 96.9 Å². The summed E-state index contributed by atoms with van der Waals surface area (Å²) in [5.74, 6) is 0.618. The van der Waals surface area contributed by atoms with Gasteiger partial charge in [-0.15, -0.1) is 11.3 Å². The summed E-state index contributed by atoms with van der Waals surface area (Å²) in [5, 5.41) is 10.4. The first-order valence-corrected chi connectivity index (χ1v) is 18.6. The lowest BCUT2D eigenvalue weighted by Gasteiger charge is -2.11. The first-order chi connectivity index (χ1) is 26.3. The SMILES string of the molecule is c1ccc(-c2nc(-n3c4cc(-c5ccc6ccccc6c5)ccc4c4c5ccccc5c5c6ccccc6oc5c43)nc3c2sc2ccccc23)cc1. The van der Waals surface area contributed by atoms with Crippen LogP contribution in [0.3, 0.4) is 0 Å². The van der Waals surface area contributed by atoms with Crippen LogP contribution in [0.4, 0.5) is 0 Å². The minimum Gasteiger partial charge on any atom is -0.454 e. The van der Waals surface area contributed by atoms with Crippen molar-refractivity contribution in [3.8, 4) is 28.3 Å². The number of rotatable bonds is 3. The van der Waals surface area contributed by atoms with Crippen molar-refractivity contribution in [3.63, 3.8) is 0 Å². The molecule has 0 aliphatic rings. The minimum atomic E-state index is 0.618. The average molecular weight is 694 g/mol. The number of fused-ring (bicyclic) bond motifs is 14. The topological polar surface area (TPSA) is 43.9 Å². The van der Waals surface area contributed by atoms with E-state index in [9.17, 15) is 0 Å². The second-order valence-electron chi connectivity index (χ2n) is 13.7. The molecule has 0 bridgehead atoms. The zero-order chi connectivity index (χ0) is 34.6. The number of hydrogen-bond acceptors (Lipinski definition) is 4. The van der Waals surface area contributed by atoms with Crippen molar-refractivity contribution < 1.29 is 4.42 Å². The van der Waals surface area contributed by atoms with Gasteiger partial charge in [0.05, 0.1) is 21.4 Å². The molecule has 4 aromatic heterocycles. The number of furan rings is 1. The Kier molecular flexibility index (Phi) is 5.90. The van der Waals surface area contributed by atoms with Gasteiger partial charge in [-0.3, -0.25) is 4.57 Å². The van der Waals surface area contributed by atoms with E-state index >= 15 is 0 Å². The second-order valence-corrected chi connectivity index (χ2v) is 14.8. The van der Waals surface area contributed by atoms with Crippen LogP contribution in [-0.4, -0.2) is 14.5 Å². The van der Waals surface area contributed by atoms with Gasteiger partial charge in [0.2, 0.25) is 5.95 Å². The van der Waals surface area contributed by atoms with E-state index in [1.54, 1.807) is 11.3 Å². The van der Waals surface area contributed by atoms with Gasteiger partial charge >= 0.3 is 0 Å². The molecule has 0 saturated carbocycles. The molecule has 0 N–H and O–H groups in total. The Balaban J connectivity index is 1.29. The van der Waals surface area contributed by atoms with E-state index < -0.39 is 0 Å². The number of aromatic nitrogens is 3. The van der Waals surface area contributed by atoms with Gasteiger partial charge in [0, 0.05) is 37.2 Å². The highest BCUT2D eigenvalue weighted by Gasteiger charge is 2.26. The molecule has 12 rings (SSSR count). The van der Waals surface area contributed by atoms with Crippen LogP contribution in [0.25, 0.3) is 114 Å². The van der Waals surface area contributed by atoms with E-state index in [0.29, 0.717) is 5.95 Å². The monoisotopic (exact) mass is 693 g/mol. The molecule has 0 spiro atoms. The highest BCUT2D eigenvalue weighted by Crippen LogP contribution is 2.47. The van der Waals surface area contributed by atoms with Crippen molar-refractivity contribution in [3.05, 3.63) is 164 Å². The number of benzene rings is 8. The smallest absolute Gasteiger partial charge is 0.236 e. The molecule has 4 heterocycles. The van der Waals surface area contributed by atoms with Crippen molar-refractivity contribution in [1.29, 1.82) is 0 Å². The summed E-state index contributed by atoms with van der Waals surface area (Å²) in [7, 11) is 0. The van der Waals surface area contributed by atoms with Crippen LogP contribution in [0.2, 0.25) is 0 Å². The summed E-state index contributed by atoms with van der Waals surface area (Å²) in [6, 6.07) is 58.2. The molecule has 0 aliphatic carbocycles. The highest BCUT2D eigenvalue weighted by atomic mass is 32.1. The lowest BCUT2D eigenvalue weighted by Crippen LogP contribution is -2.03. The predicted molar refractivity (Wildman–Crippen MR) is 222 cm³/mol. The summed E-state index contributed by atoms with van der Waals surface area (Å²) in [6.07, 6.45) is 0. The third-order valence-electron chi connectivity index (χ3n) is 10.8. The predicted octanol–water partition coefficient (Wildman–Crippen LogP) is 13.5. The van der Waals surface area contributed by atoms with Gasteiger partial charge in [0.1, 0.15) is 11.1 Å². The van der Waals surface area contributed by atoms with Gasteiger partial charge in [0.25, 0.3) is 0 Å². The van der Waals surface area contributed by atoms with E-state index in [-0.39, 0.29) is 0 Å². The van der Waals surface area contributed by atoms with E-state index in [4.69, 9.17) is 14.4 Å². The molecule has 246 valence electrons. The molecule has 5 heteroatoms. The lowest BCUT2D eigenvalue weighted by atomic mass is 9.97. The van der Waals surface area contributed by atoms with Crippen LogP contribution in [0.15, 0.2) is 168 Å². The Hall–Kier alpha value is -6.82. The van der Waals surface area contributed by atoms with Crippen LogP contribution in [0, 0.1) is 0 Å². The van der Waals surface area contributed by atoms with E-state index in [2.05, 4.69) is 162 Å². The molecule has 0 aliphatic heterocycles. The van der Waals surface area contributed by atoms with Gasteiger partial charge in [-0.1, -0.05) is 140 Å². The number of nitrogens with zero attached hydrogens (tertiary/aromatic N) is 3. The van der Waals surface area contributed by atoms with Gasteiger partial charge in [-0.05, 0) is 56.9 Å². The first kappa shape index (κ1) is 28.8. The average Bonchev–Trinajstić information content (AvgIpc) is 3.90. The van der Waals surface area contributed by atoms with Crippen molar-refractivity contribution in [2.45, 2.75) is 0 Å². The molecule has 0 saturated heterocycles. The van der Waals surface area contributed by atoms with E-state index in [0.717, 1.165) is 81.7 Å². The number of hydrogen-bond donors (Lipinski definition) is 0. The first-order valence-electron chi connectivity index (χ1n) is 17.8. The molecular formula is C48H27N3OS. The van der Waals surface area contributed by atoms with Crippen molar-refractivity contribution in [2.75, 3.05) is 0 Å². The fraction of sp³-hybridized carbons (Fsp3) is 0. The van der Waals surface area contributed by atoms with E-state index in [1.165, 1.54) is 26.2 Å². The number of thiophene rings is 1. The zero-order valence-electron chi connectivity index (χ0n) is 28.2. The Morgan fingerprint density at radius 1 is 0.491 bits per heavy atom. The lowest BCUT2D eigenvalue weighted by molar-refractivity contribution is 0.671. The third kappa shape index (κ3) is 4.11. The summed E-state index contributed by atoms with van der Waals surface area (Å²) >= 11 is 1.75. The quantitative estimate of drug-likeness (QED) is 0.185. The van der Waals surface area contributed by atoms with Gasteiger partial charge in [0.15, 0.2) is 5.58 Å². The molecule has 12 aromatic rings. The number of para-hydroxylation sites is 1. The molecule has 0 fully saturated rings. The molecular weight excluding hydrogens is 667 g/mol. The molecule has 0 unspecified atom stereocenters. The van der Waals surface area contributed by atoms with Crippen molar-refractivity contribution in [2.24, 2.45) is 0 Å². The third-order valence-corrected chi connectivity index (χ3v) is 11.9. The standard InChI is InChI=1S/C48H27N3OS/c1-2-13-29(14-3-1)43-47-44(37-19-9-11-21-40(37)53-47)50-48(49-43)51-38-27-32(31-23-22-28-12-4-5-15-30(28)26-31)24-25-35(38)41-33-16-6-7-17-34(33)42-36-18-8-10-20-39(36)52-46(42)45(41)51/h1-27H. The molecule has 0 amide bonds. The molecule has 53 heavy (non-hydrogen) atoms. The van der Waals surface area contributed by atoms with Gasteiger partial charge < -0.3 is 4.42 Å².